The second-order valence-electron chi connectivity index (χ2n) is 3.97. The average Bonchev–Trinajstić information content (AvgIpc) is 2.88. The molecule has 100 valence electrons. The van der Waals surface area contributed by atoms with Crippen molar-refractivity contribution in [2.45, 2.75) is 6.42 Å². The van der Waals surface area contributed by atoms with Crippen LogP contribution >= 0.6 is 0 Å². The van der Waals surface area contributed by atoms with Gasteiger partial charge in [-0.1, -0.05) is 18.2 Å². The number of aliphatic hydroxyl groups is 1. The number of aromatic nitrogens is 2. The minimum absolute atomic E-state index is 0.0617. The van der Waals surface area contributed by atoms with Crippen molar-refractivity contribution in [1.29, 1.82) is 0 Å². The Bertz CT molecular complexity index is 524. The van der Waals surface area contributed by atoms with Gasteiger partial charge < -0.3 is 15.7 Å². The quantitative estimate of drug-likeness (QED) is 0.710. The number of nitrogens with one attached hydrogen (secondary N) is 2. The van der Waals surface area contributed by atoms with Crippen molar-refractivity contribution in [2.24, 2.45) is 0 Å². The summed E-state index contributed by atoms with van der Waals surface area (Å²) in [6, 6.07) is 9.33. The fourth-order valence-corrected chi connectivity index (χ4v) is 1.57. The van der Waals surface area contributed by atoms with Gasteiger partial charge in [0, 0.05) is 13.2 Å². The largest absolute Gasteiger partial charge is 0.396 e. The van der Waals surface area contributed by atoms with Gasteiger partial charge in [-0.3, -0.25) is 0 Å². The van der Waals surface area contributed by atoms with Crippen LogP contribution in [0.25, 0.3) is 5.69 Å². The van der Waals surface area contributed by atoms with E-state index in [-0.39, 0.29) is 12.6 Å². The molecule has 1 aromatic heterocycles. The van der Waals surface area contributed by atoms with E-state index in [1.807, 2.05) is 30.3 Å². The Morgan fingerprint density at radius 1 is 1.32 bits per heavy atom. The van der Waals surface area contributed by atoms with E-state index in [0.29, 0.717) is 18.7 Å². The number of nitrogens with zero attached hydrogens (tertiary/aromatic N) is 2. The molecule has 0 unspecified atom stereocenters. The molecule has 2 aromatic rings. The first kappa shape index (κ1) is 13.1. The highest BCUT2D eigenvalue weighted by atomic mass is 16.3. The Morgan fingerprint density at radius 2 is 2.11 bits per heavy atom. The van der Waals surface area contributed by atoms with E-state index in [4.69, 9.17) is 5.11 Å². The zero-order valence-electron chi connectivity index (χ0n) is 10.4. The Balaban J connectivity index is 1.93. The van der Waals surface area contributed by atoms with Crippen LogP contribution in [-0.2, 0) is 0 Å². The number of para-hydroxylation sites is 1. The first-order valence-electron chi connectivity index (χ1n) is 6.05. The summed E-state index contributed by atoms with van der Waals surface area (Å²) in [6.45, 7) is 0.501. The zero-order chi connectivity index (χ0) is 13.5. The molecule has 3 N–H and O–H groups in total. The topological polar surface area (TPSA) is 79.2 Å². The van der Waals surface area contributed by atoms with Gasteiger partial charge in [-0.15, -0.1) is 0 Å². The van der Waals surface area contributed by atoms with Crippen molar-refractivity contribution < 1.29 is 9.90 Å². The highest BCUT2D eigenvalue weighted by molar-refractivity contribution is 5.88. The number of urea groups is 1. The molecular formula is C13H16N4O2. The summed E-state index contributed by atoms with van der Waals surface area (Å²) in [5, 5.41) is 18.1. The molecule has 2 amide bonds. The lowest BCUT2D eigenvalue weighted by Crippen LogP contribution is -2.29. The van der Waals surface area contributed by atoms with E-state index >= 15 is 0 Å². The normalized spacial score (nSPS) is 10.2. The molecule has 0 aliphatic carbocycles. The molecule has 0 saturated heterocycles. The van der Waals surface area contributed by atoms with Crippen molar-refractivity contribution in [3.63, 3.8) is 0 Å². The summed E-state index contributed by atoms with van der Waals surface area (Å²) in [5.41, 5.74) is 1.54. The number of hydrogen-bond acceptors (Lipinski definition) is 3. The maximum Gasteiger partial charge on any atom is 0.319 e. The van der Waals surface area contributed by atoms with Gasteiger partial charge >= 0.3 is 6.03 Å². The van der Waals surface area contributed by atoms with Crippen LogP contribution in [0, 0.1) is 0 Å². The van der Waals surface area contributed by atoms with Gasteiger partial charge in [-0.2, -0.15) is 5.10 Å². The van der Waals surface area contributed by atoms with Crippen molar-refractivity contribution in [3.8, 4) is 5.69 Å². The smallest absolute Gasteiger partial charge is 0.319 e. The van der Waals surface area contributed by atoms with Crippen LogP contribution in [0.1, 0.15) is 6.42 Å². The molecule has 6 nitrogen and oxygen atoms in total. The van der Waals surface area contributed by atoms with E-state index in [1.54, 1.807) is 17.1 Å². The van der Waals surface area contributed by atoms with Crippen molar-refractivity contribution in [3.05, 3.63) is 42.7 Å². The van der Waals surface area contributed by atoms with Gasteiger partial charge in [0.1, 0.15) is 0 Å². The first-order valence-corrected chi connectivity index (χ1v) is 6.05. The molecule has 0 spiro atoms. The van der Waals surface area contributed by atoms with Crippen LogP contribution in [0.4, 0.5) is 10.5 Å². The van der Waals surface area contributed by atoms with Gasteiger partial charge in [0.05, 0.1) is 23.8 Å². The summed E-state index contributed by atoms with van der Waals surface area (Å²) < 4.78 is 1.68. The molecule has 1 aromatic carbocycles. The lowest BCUT2D eigenvalue weighted by molar-refractivity contribution is 0.249. The van der Waals surface area contributed by atoms with Crippen molar-refractivity contribution >= 4 is 11.7 Å². The molecule has 0 atom stereocenters. The number of hydrogen-bond donors (Lipinski definition) is 3. The molecule has 0 fully saturated rings. The maximum atomic E-state index is 11.5. The number of anilines is 1. The third-order valence-corrected chi connectivity index (χ3v) is 2.48. The highest BCUT2D eigenvalue weighted by Crippen LogP contribution is 2.10. The fourth-order valence-electron chi connectivity index (χ4n) is 1.57. The van der Waals surface area contributed by atoms with Crippen LogP contribution in [0.2, 0.25) is 0 Å². The van der Waals surface area contributed by atoms with Crippen LogP contribution in [0.3, 0.4) is 0 Å². The predicted octanol–water partition coefficient (Wildman–Crippen LogP) is 1.38. The second kappa shape index (κ2) is 6.55. The Labute approximate surface area is 111 Å². The van der Waals surface area contributed by atoms with Gasteiger partial charge in [0.25, 0.3) is 0 Å². The van der Waals surface area contributed by atoms with Gasteiger partial charge in [0.2, 0.25) is 0 Å². The van der Waals surface area contributed by atoms with E-state index in [1.165, 1.54) is 0 Å². The number of aliphatic hydroxyl groups excluding tert-OH is 1. The third-order valence-electron chi connectivity index (χ3n) is 2.48. The van der Waals surface area contributed by atoms with E-state index in [0.717, 1.165) is 5.69 Å². The molecule has 1 heterocycles. The minimum Gasteiger partial charge on any atom is -0.396 e. The van der Waals surface area contributed by atoms with Crippen LogP contribution in [0.15, 0.2) is 42.7 Å². The van der Waals surface area contributed by atoms with Gasteiger partial charge in [-0.25, -0.2) is 9.48 Å². The van der Waals surface area contributed by atoms with E-state index < -0.39 is 0 Å². The summed E-state index contributed by atoms with van der Waals surface area (Å²) in [7, 11) is 0. The minimum atomic E-state index is -0.305. The third kappa shape index (κ3) is 3.82. The SMILES string of the molecule is O=C(NCCCO)Nc1cnn(-c2ccccc2)c1. The monoisotopic (exact) mass is 260 g/mol. The van der Waals surface area contributed by atoms with E-state index in [9.17, 15) is 4.79 Å². The van der Waals surface area contributed by atoms with Crippen LogP contribution in [0.5, 0.6) is 0 Å². The lowest BCUT2D eigenvalue weighted by atomic mass is 10.3. The molecule has 0 radical (unpaired) electrons. The van der Waals surface area contributed by atoms with Gasteiger partial charge in [0.15, 0.2) is 0 Å². The molecule has 19 heavy (non-hydrogen) atoms. The lowest BCUT2D eigenvalue weighted by Gasteiger charge is -2.04. The Hall–Kier alpha value is -2.34. The Kier molecular flexibility index (Phi) is 4.52. The number of amides is 2. The molecule has 0 aliphatic heterocycles. The standard InChI is InChI=1S/C13H16N4O2/c18-8-4-7-14-13(19)16-11-9-15-17(10-11)12-5-2-1-3-6-12/h1-3,5-6,9-10,18H,4,7-8H2,(H2,14,16,19). The molecule has 6 heteroatoms. The first-order chi connectivity index (χ1) is 9.29. The summed E-state index contributed by atoms with van der Waals surface area (Å²) in [5.74, 6) is 0. The number of carbonyl (C=O) groups excluding carboxylic acids is 1. The van der Waals surface area contributed by atoms with Crippen LogP contribution in [-0.4, -0.2) is 34.1 Å². The van der Waals surface area contributed by atoms with Crippen LogP contribution < -0.4 is 10.6 Å². The van der Waals surface area contributed by atoms with Crippen molar-refractivity contribution in [1.82, 2.24) is 15.1 Å². The highest BCUT2D eigenvalue weighted by Gasteiger charge is 2.04. The average molecular weight is 260 g/mol. The number of benzene rings is 1. The molecule has 0 saturated carbocycles. The van der Waals surface area contributed by atoms with E-state index in [2.05, 4.69) is 15.7 Å². The predicted molar refractivity (Wildman–Crippen MR) is 72.3 cm³/mol. The Morgan fingerprint density at radius 3 is 2.84 bits per heavy atom. The zero-order valence-corrected chi connectivity index (χ0v) is 10.4. The van der Waals surface area contributed by atoms with Gasteiger partial charge in [-0.05, 0) is 18.6 Å². The maximum absolute atomic E-state index is 11.5. The number of rotatable bonds is 5. The molecule has 0 bridgehead atoms. The summed E-state index contributed by atoms with van der Waals surface area (Å²) >= 11 is 0. The fraction of sp³-hybridized carbons (Fsp3) is 0.231. The molecular weight excluding hydrogens is 244 g/mol. The summed E-state index contributed by atoms with van der Waals surface area (Å²) in [6.07, 6.45) is 3.86. The van der Waals surface area contributed by atoms with Crippen molar-refractivity contribution in [2.75, 3.05) is 18.5 Å². The second-order valence-corrected chi connectivity index (χ2v) is 3.97. The number of carbonyl (C=O) groups is 1. The molecule has 0 aliphatic rings. The molecule has 2 rings (SSSR count). The summed E-state index contributed by atoms with van der Waals surface area (Å²) in [4.78, 5) is 11.5.